The van der Waals surface area contributed by atoms with Gasteiger partial charge in [0.2, 0.25) is 0 Å². The number of hydrogen-bond acceptors (Lipinski definition) is 1. The third-order valence-electron chi connectivity index (χ3n) is 3.83. The molecule has 0 aliphatic heterocycles. The summed E-state index contributed by atoms with van der Waals surface area (Å²) >= 11 is 0. The Balaban J connectivity index is 2.12. The van der Waals surface area contributed by atoms with Crippen LogP contribution in [0.15, 0.2) is 66.7 Å². The molecule has 0 aromatic heterocycles. The van der Waals surface area contributed by atoms with E-state index in [1.165, 1.54) is 16.5 Å². The molecule has 0 fully saturated rings. The van der Waals surface area contributed by atoms with Crippen LogP contribution < -0.4 is 0 Å². The molecular formula is C20H18O. The van der Waals surface area contributed by atoms with Gasteiger partial charge in [-0.05, 0) is 40.5 Å². The Hall–Kier alpha value is -2.41. The summed E-state index contributed by atoms with van der Waals surface area (Å²) in [6, 6.07) is 22.7. The van der Waals surface area contributed by atoms with Crippen LogP contribution in [0.2, 0.25) is 0 Å². The molecule has 0 unspecified atom stereocenters. The van der Waals surface area contributed by atoms with Crippen molar-refractivity contribution in [1.82, 2.24) is 0 Å². The third kappa shape index (κ3) is 2.87. The van der Waals surface area contributed by atoms with Crippen LogP contribution in [0.1, 0.15) is 34.8 Å². The maximum atomic E-state index is 12.1. The number of carbonyl (C=O) groups excluding carboxylic acids is 1. The standard InChI is InChI=1S/C20H18O/c1-2-20(21)18-13-16-10-6-7-11-19(16)17(14-18)12-15-8-4-3-5-9-15/h3-11,13-14H,2,12H2,1H3. The molecule has 0 spiro atoms. The van der Waals surface area contributed by atoms with Crippen molar-refractivity contribution in [2.24, 2.45) is 0 Å². The highest BCUT2D eigenvalue weighted by molar-refractivity contribution is 6.00. The monoisotopic (exact) mass is 274 g/mol. The van der Waals surface area contributed by atoms with E-state index < -0.39 is 0 Å². The average molecular weight is 274 g/mol. The van der Waals surface area contributed by atoms with Crippen molar-refractivity contribution in [1.29, 1.82) is 0 Å². The first kappa shape index (κ1) is 13.6. The van der Waals surface area contributed by atoms with Crippen LogP contribution >= 0.6 is 0 Å². The average Bonchev–Trinajstić information content (AvgIpc) is 2.55. The number of benzene rings is 3. The van der Waals surface area contributed by atoms with Crippen LogP contribution in [0.4, 0.5) is 0 Å². The smallest absolute Gasteiger partial charge is 0.162 e. The highest BCUT2D eigenvalue weighted by atomic mass is 16.1. The third-order valence-corrected chi connectivity index (χ3v) is 3.83. The van der Waals surface area contributed by atoms with Crippen molar-refractivity contribution in [2.45, 2.75) is 19.8 Å². The van der Waals surface area contributed by atoms with Gasteiger partial charge in [-0.1, -0.05) is 61.5 Å². The van der Waals surface area contributed by atoms with Crippen molar-refractivity contribution in [2.75, 3.05) is 0 Å². The van der Waals surface area contributed by atoms with Gasteiger partial charge in [-0.15, -0.1) is 0 Å². The molecule has 0 radical (unpaired) electrons. The molecule has 3 rings (SSSR count). The largest absolute Gasteiger partial charge is 0.294 e. The van der Waals surface area contributed by atoms with E-state index in [1.54, 1.807) is 0 Å². The number of Topliss-reactive ketones (excluding diaryl/α,β-unsaturated/α-hetero) is 1. The molecular weight excluding hydrogens is 256 g/mol. The second-order valence-electron chi connectivity index (χ2n) is 5.30. The van der Waals surface area contributed by atoms with E-state index in [0.29, 0.717) is 6.42 Å². The van der Waals surface area contributed by atoms with E-state index in [-0.39, 0.29) is 5.78 Å². The van der Waals surface area contributed by atoms with E-state index in [2.05, 4.69) is 48.5 Å². The topological polar surface area (TPSA) is 17.1 Å². The summed E-state index contributed by atoms with van der Waals surface area (Å²) in [4.78, 5) is 12.1. The number of fused-ring (bicyclic) bond motifs is 1. The Morgan fingerprint density at radius 1 is 0.905 bits per heavy atom. The highest BCUT2D eigenvalue weighted by Gasteiger charge is 2.09. The van der Waals surface area contributed by atoms with Gasteiger partial charge in [0.25, 0.3) is 0 Å². The van der Waals surface area contributed by atoms with Crippen LogP contribution in [0, 0.1) is 0 Å². The Morgan fingerprint density at radius 2 is 1.62 bits per heavy atom. The molecule has 0 heterocycles. The molecule has 0 aliphatic carbocycles. The lowest BCUT2D eigenvalue weighted by Crippen LogP contribution is -1.99. The molecule has 0 bridgehead atoms. The summed E-state index contributed by atoms with van der Waals surface area (Å²) in [7, 11) is 0. The lowest BCUT2D eigenvalue weighted by atomic mass is 9.94. The first-order chi connectivity index (χ1) is 10.3. The Morgan fingerprint density at radius 3 is 2.38 bits per heavy atom. The predicted octanol–water partition coefficient (Wildman–Crippen LogP) is 5.02. The van der Waals surface area contributed by atoms with E-state index in [4.69, 9.17) is 0 Å². The van der Waals surface area contributed by atoms with Crippen molar-refractivity contribution in [3.05, 3.63) is 83.4 Å². The van der Waals surface area contributed by atoms with Crippen molar-refractivity contribution < 1.29 is 4.79 Å². The van der Waals surface area contributed by atoms with Gasteiger partial charge in [-0.3, -0.25) is 4.79 Å². The summed E-state index contributed by atoms with van der Waals surface area (Å²) in [5, 5.41) is 2.37. The van der Waals surface area contributed by atoms with Crippen molar-refractivity contribution >= 4 is 16.6 Å². The summed E-state index contributed by atoms with van der Waals surface area (Å²) in [6.45, 7) is 1.91. The van der Waals surface area contributed by atoms with Crippen molar-refractivity contribution in [3.63, 3.8) is 0 Å². The normalized spacial score (nSPS) is 10.7. The van der Waals surface area contributed by atoms with Crippen molar-refractivity contribution in [3.8, 4) is 0 Å². The summed E-state index contributed by atoms with van der Waals surface area (Å²) in [5.74, 6) is 0.204. The van der Waals surface area contributed by atoms with Crippen LogP contribution in [-0.2, 0) is 6.42 Å². The lowest BCUT2D eigenvalue weighted by Gasteiger charge is -2.10. The molecule has 3 aromatic rings. The number of rotatable bonds is 4. The summed E-state index contributed by atoms with van der Waals surface area (Å²) in [6.07, 6.45) is 1.40. The predicted molar refractivity (Wildman–Crippen MR) is 87.8 cm³/mol. The van der Waals surface area contributed by atoms with Gasteiger partial charge in [-0.25, -0.2) is 0 Å². The molecule has 21 heavy (non-hydrogen) atoms. The van der Waals surface area contributed by atoms with E-state index in [0.717, 1.165) is 17.4 Å². The van der Waals surface area contributed by atoms with Gasteiger partial charge in [0.1, 0.15) is 0 Å². The Kier molecular flexibility index (Phi) is 3.83. The SMILES string of the molecule is CCC(=O)c1cc(Cc2ccccc2)c2ccccc2c1. The van der Waals surface area contributed by atoms with Crippen LogP contribution in [0.5, 0.6) is 0 Å². The summed E-state index contributed by atoms with van der Waals surface area (Å²) < 4.78 is 0. The minimum Gasteiger partial charge on any atom is -0.294 e. The second kappa shape index (κ2) is 5.92. The number of hydrogen-bond donors (Lipinski definition) is 0. The zero-order chi connectivity index (χ0) is 14.7. The Labute approximate surface area is 125 Å². The quantitative estimate of drug-likeness (QED) is 0.610. The fraction of sp³-hybridized carbons (Fsp3) is 0.150. The van der Waals surface area contributed by atoms with Gasteiger partial charge in [0.15, 0.2) is 5.78 Å². The highest BCUT2D eigenvalue weighted by Crippen LogP contribution is 2.24. The summed E-state index contributed by atoms with van der Waals surface area (Å²) in [5.41, 5.74) is 3.31. The maximum Gasteiger partial charge on any atom is 0.162 e. The van der Waals surface area contributed by atoms with Gasteiger partial charge in [0.05, 0.1) is 0 Å². The molecule has 0 atom stereocenters. The maximum absolute atomic E-state index is 12.1. The molecule has 3 aromatic carbocycles. The molecule has 0 saturated carbocycles. The van der Waals surface area contributed by atoms with Gasteiger partial charge < -0.3 is 0 Å². The molecule has 104 valence electrons. The second-order valence-corrected chi connectivity index (χ2v) is 5.30. The molecule has 0 saturated heterocycles. The minimum atomic E-state index is 0.204. The fourth-order valence-corrected chi connectivity index (χ4v) is 2.72. The van der Waals surface area contributed by atoms with Crippen LogP contribution in [0.3, 0.4) is 0 Å². The van der Waals surface area contributed by atoms with Crippen LogP contribution in [0.25, 0.3) is 10.8 Å². The number of carbonyl (C=O) groups is 1. The lowest BCUT2D eigenvalue weighted by molar-refractivity contribution is 0.0988. The van der Waals surface area contributed by atoms with E-state index >= 15 is 0 Å². The molecule has 0 aliphatic rings. The van der Waals surface area contributed by atoms with E-state index in [9.17, 15) is 4.79 Å². The first-order valence-corrected chi connectivity index (χ1v) is 7.36. The number of ketones is 1. The fourth-order valence-electron chi connectivity index (χ4n) is 2.72. The van der Waals surface area contributed by atoms with Gasteiger partial charge >= 0.3 is 0 Å². The van der Waals surface area contributed by atoms with Gasteiger partial charge in [-0.2, -0.15) is 0 Å². The minimum absolute atomic E-state index is 0.204. The molecule has 0 amide bonds. The molecule has 0 N–H and O–H groups in total. The zero-order valence-corrected chi connectivity index (χ0v) is 12.2. The van der Waals surface area contributed by atoms with E-state index in [1.807, 2.05) is 25.1 Å². The van der Waals surface area contributed by atoms with Gasteiger partial charge in [0, 0.05) is 12.0 Å². The molecule has 1 nitrogen and oxygen atoms in total. The first-order valence-electron chi connectivity index (χ1n) is 7.36. The Bertz CT molecular complexity index is 772. The zero-order valence-electron chi connectivity index (χ0n) is 12.2. The van der Waals surface area contributed by atoms with Crippen LogP contribution in [-0.4, -0.2) is 5.78 Å². The molecule has 1 heteroatoms.